The van der Waals surface area contributed by atoms with Gasteiger partial charge in [0.1, 0.15) is 18.1 Å². The van der Waals surface area contributed by atoms with Crippen LogP contribution in [-0.2, 0) is 64.5 Å². The maximum Gasteiger partial charge on any atom is 0.247 e. The third-order valence-electron chi connectivity index (χ3n) is 10.6. The lowest BCUT2D eigenvalue weighted by atomic mass is 10.0. The fourth-order valence-corrected chi connectivity index (χ4v) is 6.78. The Kier molecular flexibility index (Phi) is 27.7. The summed E-state index contributed by atoms with van der Waals surface area (Å²) in [5, 5.41) is 21.7. The molecule has 0 aromatic heterocycles. The van der Waals surface area contributed by atoms with Crippen LogP contribution in [-0.4, -0.2) is 59.8 Å². The Morgan fingerprint density at radius 3 is 0.893 bits per heavy atom. The fraction of sp³-hybridized carbons (Fsp3) is 0.254. The van der Waals surface area contributed by atoms with Gasteiger partial charge in [0, 0.05) is 53.9 Å². The molecule has 0 radical (unpaired) electrons. The Bertz CT molecular complexity index is 2550. The lowest BCUT2D eigenvalue weighted by Gasteiger charge is -2.20. The first-order valence-corrected chi connectivity index (χ1v) is 24.4. The van der Waals surface area contributed by atoms with Crippen LogP contribution in [0, 0.1) is 5.92 Å². The molecule has 394 valence electrons. The van der Waals surface area contributed by atoms with Crippen molar-refractivity contribution in [2.75, 3.05) is 6.54 Å². The van der Waals surface area contributed by atoms with E-state index in [2.05, 4.69) is 42.5 Å². The van der Waals surface area contributed by atoms with Crippen molar-refractivity contribution in [1.82, 2.24) is 42.5 Å². The summed E-state index contributed by atoms with van der Waals surface area (Å²) < 4.78 is 0. The van der Waals surface area contributed by atoms with Gasteiger partial charge >= 0.3 is 0 Å². The molecule has 6 rings (SSSR count). The Morgan fingerprint density at radius 1 is 0.333 bits per heavy atom. The van der Waals surface area contributed by atoms with E-state index in [4.69, 9.17) is 0 Å². The van der Waals surface area contributed by atoms with Crippen molar-refractivity contribution in [3.05, 3.63) is 215 Å². The summed E-state index contributed by atoms with van der Waals surface area (Å²) >= 11 is 0. The van der Waals surface area contributed by atoms with Gasteiger partial charge in [-0.1, -0.05) is 196 Å². The highest BCUT2D eigenvalue weighted by atomic mass is 16.2. The Labute approximate surface area is 440 Å². The summed E-state index contributed by atoms with van der Waals surface area (Å²) in [6.07, 6.45) is 0. The Hall–Kier alpha value is -8.92. The first-order valence-electron chi connectivity index (χ1n) is 24.4. The van der Waals surface area contributed by atoms with E-state index < -0.39 is 18.1 Å². The summed E-state index contributed by atoms with van der Waals surface area (Å²) in [6, 6.07) is 55.1. The van der Waals surface area contributed by atoms with Gasteiger partial charge in [-0.15, -0.1) is 0 Å². The SMILES string of the molecule is CC(=O)NC(C(=O)NCc1ccccc1)C(C)C.CC(=O)NC(C(=O)NCc1ccccc1)c1ccccc1.CC(=O)NCC(=O)NCc1ccccc1.CC(=O)N[C@@H](C(=O)NCc1ccccc1)c1ccccc1. The average Bonchev–Trinajstić information content (AvgIpc) is 3.42. The number of nitrogens with one attached hydrogen (secondary N) is 8. The third kappa shape index (κ3) is 25.9. The molecule has 2 unspecified atom stereocenters. The number of benzene rings is 6. The van der Waals surface area contributed by atoms with E-state index in [1.807, 2.05) is 196 Å². The highest BCUT2D eigenvalue weighted by Gasteiger charge is 2.24. The molecule has 0 aliphatic heterocycles. The van der Waals surface area contributed by atoms with E-state index >= 15 is 0 Å². The van der Waals surface area contributed by atoms with Crippen molar-refractivity contribution < 1.29 is 38.4 Å². The fourth-order valence-electron chi connectivity index (χ4n) is 6.78. The van der Waals surface area contributed by atoms with Gasteiger partial charge in [0.05, 0.1) is 6.54 Å². The van der Waals surface area contributed by atoms with Crippen LogP contribution in [0.15, 0.2) is 182 Å². The average molecular weight is 1020 g/mol. The molecule has 0 saturated heterocycles. The maximum atomic E-state index is 12.3. The predicted octanol–water partition coefficient (Wildman–Crippen LogP) is 6.26. The molecule has 6 aromatic carbocycles. The van der Waals surface area contributed by atoms with Crippen LogP contribution < -0.4 is 42.5 Å². The van der Waals surface area contributed by atoms with Gasteiger partial charge in [-0.05, 0) is 39.3 Å². The molecule has 0 heterocycles. The van der Waals surface area contributed by atoms with E-state index in [0.29, 0.717) is 26.2 Å². The second kappa shape index (κ2) is 34.4. The van der Waals surface area contributed by atoms with Gasteiger partial charge in [0.15, 0.2) is 0 Å². The number of rotatable bonds is 19. The van der Waals surface area contributed by atoms with Crippen LogP contribution >= 0.6 is 0 Å². The molecule has 16 nitrogen and oxygen atoms in total. The molecule has 0 fully saturated rings. The second-order valence-electron chi connectivity index (χ2n) is 17.3. The zero-order valence-electron chi connectivity index (χ0n) is 43.4. The summed E-state index contributed by atoms with van der Waals surface area (Å²) in [7, 11) is 0. The molecule has 0 aliphatic rings. The van der Waals surface area contributed by atoms with Crippen molar-refractivity contribution >= 4 is 47.3 Å². The monoisotopic (exact) mass is 1020 g/mol. The van der Waals surface area contributed by atoms with Crippen LogP contribution in [0.2, 0.25) is 0 Å². The van der Waals surface area contributed by atoms with E-state index in [9.17, 15) is 38.4 Å². The smallest absolute Gasteiger partial charge is 0.247 e. The van der Waals surface area contributed by atoms with Gasteiger partial charge < -0.3 is 42.5 Å². The van der Waals surface area contributed by atoms with Crippen molar-refractivity contribution in [1.29, 1.82) is 0 Å². The van der Waals surface area contributed by atoms with Gasteiger partial charge in [-0.3, -0.25) is 38.4 Å². The van der Waals surface area contributed by atoms with E-state index in [1.54, 1.807) is 0 Å². The molecule has 8 amide bonds. The topological polar surface area (TPSA) is 233 Å². The number of amides is 8. The zero-order valence-corrected chi connectivity index (χ0v) is 43.4. The lowest BCUT2D eigenvalue weighted by Crippen LogP contribution is -2.48. The summed E-state index contributed by atoms with van der Waals surface area (Å²) in [5.41, 5.74) is 5.63. The quantitative estimate of drug-likeness (QED) is 0.0460. The number of carbonyl (C=O) groups is 8. The second-order valence-corrected chi connectivity index (χ2v) is 17.3. The predicted molar refractivity (Wildman–Crippen MR) is 290 cm³/mol. The third-order valence-corrected chi connectivity index (χ3v) is 10.6. The summed E-state index contributed by atoms with van der Waals surface area (Å²) in [5.74, 6) is -1.59. The van der Waals surface area contributed by atoms with E-state index in [-0.39, 0.29) is 59.7 Å². The molecule has 6 aromatic rings. The van der Waals surface area contributed by atoms with Gasteiger partial charge in [-0.25, -0.2) is 0 Å². The molecule has 3 atom stereocenters. The van der Waals surface area contributed by atoms with Crippen molar-refractivity contribution in [2.45, 2.75) is 85.8 Å². The molecule has 0 bridgehead atoms. The van der Waals surface area contributed by atoms with Crippen molar-refractivity contribution in [3.8, 4) is 0 Å². The molecular weight excluding hydrogens is 949 g/mol. The van der Waals surface area contributed by atoms with Crippen LogP contribution in [0.25, 0.3) is 0 Å². The normalized spacial score (nSPS) is 11.2. The molecule has 0 aliphatic carbocycles. The molecule has 8 N–H and O–H groups in total. The van der Waals surface area contributed by atoms with Gasteiger partial charge in [0.25, 0.3) is 0 Å². The van der Waals surface area contributed by atoms with Crippen LogP contribution in [0.4, 0.5) is 0 Å². The maximum absolute atomic E-state index is 12.3. The van der Waals surface area contributed by atoms with Gasteiger partial charge in [-0.2, -0.15) is 0 Å². The summed E-state index contributed by atoms with van der Waals surface area (Å²) in [6.45, 7) is 11.3. The van der Waals surface area contributed by atoms with E-state index in [0.717, 1.165) is 33.4 Å². The Morgan fingerprint density at radius 2 is 0.613 bits per heavy atom. The first kappa shape index (κ1) is 60.4. The largest absolute Gasteiger partial charge is 0.350 e. The highest BCUT2D eigenvalue weighted by molar-refractivity contribution is 5.89. The zero-order chi connectivity index (χ0) is 54.8. The number of hydrogen-bond donors (Lipinski definition) is 8. The molecule has 0 spiro atoms. The molecule has 0 saturated carbocycles. The molecule has 16 heteroatoms. The van der Waals surface area contributed by atoms with Crippen LogP contribution in [0.5, 0.6) is 0 Å². The number of carbonyl (C=O) groups excluding carboxylic acids is 8. The number of hydrogen-bond acceptors (Lipinski definition) is 8. The Balaban J connectivity index is 0.000000266. The molecule has 75 heavy (non-hydrogen) atoms. The minimum absolute atomic E-state index is 0.0299. The molecular formula is C59H70N8O8. The van der Waals surface area contributed by atoms with Crippen molar-refractivity contribution in [2.24, 2.45) is 5.92 Å². The van der Waals surface area contributed by atoms with Crippen LogP contribution in [0.3, 0.4) is 0 Å². The summed E-state index contributed by atoms with van der Waals surface area (Å²) in [4.78, 5) is 92.0. The minimum atomic E-state index is -0.674. The van der Waals surface area contributed by atoms with Gasteiger partial charge in [0.2, 0.25) is 47.3 Å². The highest BCUT2D eigenvalue weighted by Crippen LogP contribution is 2.15. The lowest BCUT2D eigenvalue weighted by molar-refractivity contribution is -0.129. The van der Waals surface area contributed by atoms with E-state index in [1.165, 1.54) is 27.7 Å². The van der Waals surface area contributed by atoms with Crippen LogP contribution in [0.1, 0.15) is 87.0 Å². The first-order chi connectivity index (χ1) is 36.0. The minimum Gasteiger partial charge on any atom is -0.350 e. The van der Waals surface area contributed by atoms with Crippen molar-refractivity contribution in [3.63, 3.8) is 0 Å². The standard InChI is InChI=1S/2C17H18N2O2.C14H20N2O2.C11H14N2O2/c2*1-13(20)19-16(15-10-6-3-7-11-15)17(21)18-12-14-8-4-2-5-9-14;1-10(2)13(16-11(3)17)14(18)15-9-12-7-5-4-6-8-12;1-9(14)12-8-11(15)13-7-10-5-3-2-4-6-10/h2*2-11,16H,12H2,1H3,(H,18,21)(H,19,20);4-8,10,13H,9H2,1-3H3,(H,15,18)(H,16,17);2-6H,7-8H2,1H3,(H,12,14)(H,13,15)/t16-;;;/m1.../s1.